The first-order valence-corrected chi connectivity index (χ1v) is 21.9. The second kappa shape index (κ2) is 14.3. The Hall–Kier alpha value is -8.40. The average molecular weight is 818 g/mol. The van der Waals surface area contributed by atoms with E-state index in [1.54, 1.807) is 0 Å². The second-order valence-electron chi connectivity index (χ2n) is 16.7. The van der Waals surface area contributed by atoms with Crippen LogP contribution in [0.3, 0.4) is 0 Å². The fourth-order valence-corrected chi connectivity index (χ4v) is 10.7. The van der Waals surface area contributed by atoms with Crippen LogP contribution < -0.4 is 14.4 Å². The summed E-state index contributed by atoms with van der Waals surface area (Å²) in [4.78, 5) is 2.31. The van der Waals surface area contributed by atoms with Crippen LogP contribution in [0.15, 0.2) is 237 Å². The van der Waals surface area contributed by atoms with Gasteiger partial charge in [-0.05, 0) is 115 Å². The van der Waals surface area contributed by atoms with Crippen molar-refractivity contribution in [2.75, 3.05) is 4.90 Å². The van der Waals surface area contributed by atoms with Crippen LogP contribution in [-0.4, -0.2) is 0 Å². The smallest absolute Gasteiger partial charge is 0.178 e. The molecular formula is C61H39NO2. The van der Waals surface area contributed by atoms with Gasteiger partial charge >= 0.3 is 0 Å². The number of nitrogens with zero attached hydrogens (tertiary/aromatic N) is 1. The van der Waals surface area contributed by atoms with Crippen LogP contribution in [0.2, 0.25) is 0 Å². The molecule has 13 rings (SSSR count). The van der Waals surface area contributed by atoms with Gasteiger partial charge in [-0.1, -0.05) is 188 Å². The number of benzene rings is 10. The van der Waals surface area contributed by atoms with E-state index < -0.39 is 5.41 Å². The molecule has 1 heterocycles. The summed E-state index contributed by atoms with van der Waals surface area (Å²) < 4.78 is 14.0. The fourth-order valence-electron chi connectivity index (χ4n) is 10.7. The summed E-state index contributed by atoms with van der Waals surface area (Å²) in [6.07, 6.45) is 0. The zero-order valence-corrected chi connectivity index (χ0v) is 34.8. The van der Waals surface area contributed by atoms with Crippen LogP contribution >= 0.6 is 0 Å². The van der Waals surface area contributed by atoms with Gasteiger partial charge in [-0.2, -0.15) is 0 Å². The third-order valence-electron chi connectivity index (χ3n) is 13.4. The molecule has 0 unspecified atom stereocenters. The lowest BCUT2D eigenvalue weighted by molar-refractivity contribution is 0.361. The number of fused-ring (bicyclic) bond motifs is 13. The van der Waals surface area contributed by atoms with Crippen LogP contribution in [0.5, 0.6) is 23.0 Å². The second-order valence-corrected chi connectivity index (χ2v) is 16.7. The van der Waals surface area contributed by atoms with Crippen molar-refractivity contribution in [2.24, 2.45) is 0 Å². The molecule has 1 spiro atoms. The Morgan fingerprint density at radius 2 is 0.703 bits per heavy atom. The van der Waals surface area contributed by atoms with Crippen molar-refractivity contribution in [1.29, 1.82) is 0 Å². The highest BCUT2D eigenvalue weighted by molar-refractivity contribution is 5.98. The first-order valence-electron chi connectivity index (χ1n) is 21.9. The minimum atomic E-state index is -0.468. The summed E-state index contributed by atoms with van der Waals surface area (Å²) in [5.74, 6) is 2.89. The lowest BCUT2D eigenvalue weighted by Crippen LogP contribution is -2.25. The zero-order chi connectivity index (χ0) is 42.2. The summed E-state index contributed by atoms with van der Waals surface area (Å²) in [6, 6.07) is 84.6. The monoisotopic (exact) mass is 817 g/mol. The van der Waals surface area contributed by atoms with E-state index in [9.17, 15) is 0 Å². The van der Waals surface area contributed by atoms with Gasteiger partial charge in [0.05, 0.1) is 5.41 Å². The summed E-state index contributed by atoms with van der Waals surface area (Å²) >= 11 is 0. The lowest BCUT2D eigenvalue weighted by atomic mass is 9.70. The number of anilines is 3. The normalized spacial score (nSPS) is 13.1. The number of hydrogen-bond acceptors (Lipinski definition) is 3. The van der Waals surface area contributed by atoms with Crippen LogP contribution in [0.25, 0.3) is 55.6 Å². The van der Waals surface area contributed by atoms with Crippen molar-refractivity contribution < 1.29 is 9.47 Å². The summed E-state index contributed by atoms with van der Waals surface area (Å²) in [5.41, 5.74) is 19.4. The van der Waals surface area contributed by atoms with E-state index >= 15 is 0 Å². The molecule has 0 N–H and O–H groups in total. The maximum atomic E-state index is 7.21. The van der Waals surface area contributed by atoms with Crippen molar-refractivity contribution in [2.45, 2.75) is 5.41 Å². The van der Waals surface area contributed by atoms with E-state index in [1.807, 2.05) is 12.1 Å². The topological polar surface area (TPSA) is 21.7 Å². The molecule has 3 heteroatoms. The molecule has 0 bridgehead atoms. The van der Waals surface area contributed by atoms with E-state index in [-0.39, 0.29) is 0 Å². The van der Waals surface area contributed by atoms with E-state index in [1.165, 1.54) is 61.2 Å². The van der Waals surface area contributed by atoms with Gasteiger partial charge in [-0.25, -0.2) is 0 Å². The summed E-state index contributed by atoms with van der Waals surface area (Å²) in [6.45, 7) is 0. The van der Waals surface area contributed by atoms with Gasteiger partial charge in [0.25, 0.3) is 0 Å². The van der Waals surface area contributed by atoms with E-state index in [0.717, 1.165) is 45.3 Å². The Balaban J connectivity index is 0.879. The minimum Gasteiger partial charge on any atom is -0.449 e. The van der Waals surface area contributed by atoms with Crippen LogP contribution in [-0.2, 0) is 5.41 Å². The molecule has 300 valence electrons. The molecule has 10 aromatic carbocycles. The first kappa shape index (κ1) is 36.3. The SMILES string of the molecule is c1ccc(-c2ccccc2-c2ccc(N(c3ccccc3)c3ccc(-c4cccc5c4Oc4c(ccc6c4-c4ccccc4C64c6ccccc6-c6ccccc64)O5)cc3)cc2)cc1. The number of rotatable bonds is 6. The molecule has 0 atom stereocenters. The van der Waals surface area contributed by atoms with Crippen LogP contribution in [0.4, 0.5) is 17.1 Å². The molecule has 1 aliphatic heterocycles. The highest BCUT2D eigenvalue weighted by atomic mass is 16.6. The highest BCUT2D eigenvalue weighted by Crippen LogP contribution is 2.66. The Kier molecular flexibility index (Phi) is 8.13. The van der Waals surface area contributed by atoms with E-state index in [2.05, 4.69) is 229 Å². The first-order chi connectivity index (χ1) is 31.8. The third-order valence-corrected chi connectivity index (χ3v) is 13.4. The molecule has 64 heavy (non-hydrogen) atoms. The van der Waals surface area contributed by atoms with Crippen LogP contribution in [0.1, 0.15) is 22.3 Å². The summed E-state index contributed by atoms with van der Waals surface area (Å²) in [5, 5.41) is 0. The third kappa shape index (κ3) is 5.34. The Bertz CT molecular complexity index is 3380. The van der Waals surface area contributed by atoms with Crippen molar-refractivity contribution in [3.63, 3.8) is 0 Å². The zero-order valence-electron chi connectivity index (χ0n) is 34.8. The molecule has 10 aromatic rings. The molecular weight excluding hydrogens is 779 g/mol. The molecule has 0 aromatic heterocycles. The highest BCUT2D eigenvalue weighted by Gasteiger charge is 2.53. The molecule has 0 radical (unpaired) electrons. The average Bonchev–Trinajstić information content (AvgIpc) is 3.84. The number of ether oxygens (including phenoxy) is 2. The Morgan fingerprint density at radius 3 is 1.31 bits per heavy atom. The molecule has 2 aliphatic carbocycles. The van der Waals surface area contributed by atoms with E-state index in [4.69, 9.17) is 9.47 Å². The van der Waals surface area contributed by atoms with Gasteiger partial charge in [0.2, 0.25) is 0 Å². The number of para-hydroxylation sites is 2. The van der Waals surface area contributed by atoms with Gasteiger partial charge in [0.1, 0.15) is 0 Å². The Labute approximate surface area is 372 Å². The Morgan fingerprint density at radius 1 is 0.266 bits per heavy atom. The van der Waals surface area contributed by atoms with Crippen LogP contribution in [0, 0.1) is 0 Å². The van der Waals surface area contributed by atoms with Crippen molar-refractivity contribution in [3.8, 4) is 78.6 Å². The van der Waals surface area contributed by atoms with Crippen molar-refractivity contribution >= 4 is 17.1 Å². The predicted octanol–water partition coefficient (Wildman–Crippen LogP) is 16.4. The van der Waals surface area contributed by atoms with Crippen molar-refractivity contribution in [1.82, 2.24) is 0 Å². The molecule has 0 amide bonds. The van der Waals surface area contributed by atoms with Gasteiger partial charge in [-0.3, -0.25) is 0 Å². The minimum absolute atomic E-state index is 0.468. The number of hydrogen-bond donors (Lipinski definition) is 0. The van der Waals surface area contributed by atoms with Gasteiger partial charge < -0.3 is 14.4 Å². The quantitative estimate of drug-likeness (QED) is 0.167. The predicted molar refractivity (Wildman–Crippen MR) is 260 cm³/mol. The van der Waals surface area contributed by atoms with Gasteiger partial charge in [-0.15, -0.1) is 0 Å². The largest absolute Gasteiger partial charge is 0.449 e. The standard InChI is InChI=1S/C61H39NO2/c1-3-16-40(17-4-1)46-20-7-8-21-47(46)41-30-34-44(35-31-41)62(43-18-5-2-6-19-43)45-36-32-42(33-37-45)48-25-15-29-56-59(48)64-60-57(63-56)39-38-55-58(60)51-24-11-14-28-54(51)61(55)52-26-12-9-22-49(52)50-23-10-13-27-53(50)61/h1-39H. The van der Waals surface area contributed by atoms with Gasteiger partial charge in [0, 0.05) is 28.2 Å². The molecule has 0 fully saturated rings. The lowest BCUT2D eigenvalue weighted by Gasteiger charge is -2.31. The fraction of sp³-hybridized carbons (Fsp3) is 0.0164. The molecule has 3 nitrogen and oxygen atoms in total. The van der Waals surface area contributed by atoms with E-state index in [0.29, 0.717) is 11.5 Å². The van der Waals surface area contributed by atoms with Gasteiger partial charge in [0.15, 0.2) is 23.0 Å². The maximum absolute atomic E-state index is 7.21. The van der Waals surface area contributed by atoms with Crippen molar-refractivity contribution in [3.05, 3.63) is 259 Å². The molecule has 0 saturated heterocycles. The molecule has 0 saturated carbocycles. The maximum Gasteiger partial charge on any atom is 0.178 e. The molecule has 3 aliphatic rings. The summed E-state index contributed by atoms with van der Waals surface area (Å²) in [7, 11) is 0.